The van der Waals surface area contributed by atoms with E-state index in [2.05, 4.69) is 32.0 Å². The van der Waals surface area contributed by atoms with E-state index in [9.17, 15) is 14.4 Å². The van der Waals surface area contributed by atoms with Crippen molar-refractivity contribution in [2.24, 2.45) is 0 Å². The summed E-state index contributed by atoms with van der Waals surface area (Å²) in [5.74, 6) is -2.64. The van der Waals surface area contributed by atoms with Crippen molar-refractivity contribution in [1.82, 2.24) is 4.68 Å². The Balaban J connectivity index is 1.65. The van der Waals surface area contributed by atoms with Gasteiger partial charge in [0.25, 0.3) is 5.91 Å². The highest BCUT2D eigenvalue weighted by Gasteiger charge is 2.22. The number of carbonyl (C=O) groups is 3. The van der Waals surface area contributed by atoms with Gasteiger partial charge in [-0.2, -0.15) is 0 Å². The van der Waals surface area contributed by atoms with Crippen LogP contribution in [0.15, 0.2) is 65.1 Å². The van der Waals surface area contributed by atoms with Crippen LogP contribution in [0.4, 0.5) is 11.4 Å². The molecule has 0 unspecified atom stereocenters. The molecular formula is C23H13BrCl4N4O3. The van der Waals surface area contributed by atoms with Gasteiger partial charge < -0.3 is 10.6 Å². The van der Waals surface area contributed by atoms with E-state index in [0.29, 0.717) is 21.6 Å². The summed E-state index contributed by atoms with van der Waals surface area (Å²) in [6.45, 7) is 0. The minimum Gasteiger partial charge on any atom is -0.319 e. The highest BCUT2D eigenvalue weighted by molar-refractivity contribution is 9.10. The predicted octanol–water partition coefficient (Wildman–Crippen LogP) is 6.98. The van der Waals surface area contributed by atoms with Gasteiger partial charge in [0.2, 0.25) is 0 Å². The summed E-state index contributed by atoms with van der Waals surface area (Å²) in [6, 6.07) is 15.9. The highest BCUT2D eigenvalue weighted by atomic mass is 79.9. The SMILES string of the molecule is O=C(Nc1cccc(Cl)c1Cl)C(=O)Nn1c(C(=O)Nc2ccc(Cl)cc2Cl)cc2cc(Br)ccc21. The van der Waals surface area contributed by atoms with Crippen LogP contribution in [0.2, 0.25) is 20.1 Å². The molecule has 0 fully saturated rings. The first-order valence-corrected chi connectivity index (χ1v) is 12.1. The van der Waals surface area contributed by atoms with Crippen LogP contribution in [-0.4, -0.2) is 22.4 Å². The van der Waals surface area contributed by atoms with Crippen LogP contribution in [0.3, 0.4) is 0 Å². The van der Waals surface area contributed by atoms with Crippen LogP contribution in [0.5, 0.6) is 0 Å². The average Bonchev–Trinajstić information content (AvgIpc) is 3.16. The van der Waals surface area contributed by atoms with Crippen molar-refractivity contribution in [3.05, 3.63) is 90.9 Å². The molecule has 12 heteroatoms. The molecule has 0 spiro atoms. The van der Waals surface area contributed by atoms with E-state index in [0.717, 1.165) is 4.47 Å². The summed E-state index contributed by atoms with van der Waals surface area (Å²) >= 11 is 27.5. The molecule has 0 aliphatic rings. The Morgan fingerprint density at radius 3 is 2.29 bits per heavy atom. The second kappa shape index (κ2) is 10.5. The molecule has 0 saturated carbocycles. The Morgan fingerprint density at radius 2 is 1.54 bits per heavy atom. The first kappa shape index (κ1) is 25.3. The molecule has 3 amide bonds. The topological polar surface area (TPSA) is 92.2 Å². The van der Waals surface area contributed by atoms with E-state index in [1.807, 2.05) is 0 Å². The third kappa shape index (κ3) is 5.58. The molecule has 0 bridgehead atoms. The molecule has 35 heavy (non-hydrogen) atoms. The van der Waals surface area contributed by atoms with Gasteiger partial charge in [0.1, 0.15) is 5.69 Å². The molecule has 0 atom stereocenters. The van der Waals surface area contributed by atoms with Crippen molar-refractivity contribution in [1.29, 1.82) is 0 Å². The first-order chi connectivity index (χ1) is 16.6. The van der Waals surface area contributed by atoms with Crippen molar-refractivity contribution in [2.75, 3.05) is 16.1 Å². The predicted molar refractivity (Wildman–Crippen MR) is 144 cm³/mol. The zero-order valence-corrected chi connectivity index (χ0v) is 21.9. The minimum absolute atomic E-state index is 0.0473. The maximum absolute atomic E-state index is 13.1. The average molecular weight is 615 g/mol. The van der Waals surface area contributed by atoms with Crippen LogP contribution in [0, 0.1) is 0 Å². The minimum atomic E-state index is -1.04. The Morgan fingerprint density at radius 1 is 0.771 bits per heavy atom. The molecule has 0 aliphatic carbocycles. The molecular weight excluding hydrogens is 602 g/mol. The lowest BCUT2D eigenvalue weighted by Gasteiger charge is -2.14. The van der Waals surface area contributed by atoms with Gasteiger partial charge in [-0.15, -0.1) is 0 Å². The molecule has 178 valence electrons. The number of rotatable bonds is 4. The Kier molecular flexibility index (Phi) is 7.59. The number of nitrogens with one attached hydrogen (secondary N) is 3. The Bertz CT molecular complexity index is 1510. The van der Waals surface area contributed by atoms with E-state index in [1.54, 1.807) is 48.5 Å². The van der Waals surface area contributed by atoms with Crippen molar-refractivity contribution < 1.29 is 14.4 Å². The quantitative estimate of drug-likeness (QED) is 0.217. The second-order valence-corrected chi connectivity index (χ2v) is 9.69. The fourth-order valence-corrected chi connectivity index (χ4v) is 4.37. The number of hydrogen-bond acceptors (Lipinski definition) is 3. The van der Waals surface area contributed by atoms with Crippen LogP contribution in [0.1, 0.15) is 10.5 Å². The lowest BCUT2D eigenvalue weighted by Crippen LogP contribution is -2.36. The molecule has 7 nitrogen and oxygen atoms in total. The largest absolute Gasteiger partial charge is 0.328 e. The van der Waals surface area contributed by atoms with Crippen molar-refractivity contribution in [2.45, 2.75) is 0 Å². The van der Waals surface area contributed by atoms with Crippen LogP contribution >= 0.6 is 62.3 Å². The zero-order valence-electron chi connectivity index (χ0n) is 17.3. The standard InChI is InChI=1S/C23H13BrCl4N4O3/c24-12-4-7-18-11(8-12)9-19(21(33)29-16-6-5-13(25)10-15(16)27)32(18)31-23(35)22(34)30-17-3-1-2-14(26)20(17)28/h1-10H,(H,29,33)(H,30,34)(H,31,35). The Labute approximate surface area is 227 Å². The van der Waals surface area contributed by atoms with Crippen molar-refractivity contribution >= 4 is 102 Å². The van der Waals surface area contributed by atoms with Gasteiger partial charge in [0.15, 0.2) is 0 Å². The summed E-state index contributed by atoms with van der Waals surface area (Å²) in [7, 11) is 0. The number of halogens is 5. The molecule has 0 aliphatic heterocycles. The van der Waals surface area contributed by atoms with Gasteiger partial charge in [-0.3, -0.25) is 19.8 Å². The summed E-state index contributed by atoms with van der Waals surface area (Å²) in [5.41, 5.74) is 3.46. The maximum atomic E-state index is 13.1. The van der Waals surface area contributed by atoms with E-state index in [-0.39, 0.29) is 26.4 Å². The summed E-state index contributed by atoms with van der Waals surface area (Å²) < 4.78 is 1.97. The molecule has 0 radical (unpaired) electrons. The molecule has 3 N–H and O–H groups in total. The van der Waals surface area contributed by atoms with Crippen LogP contribution in [-0.2, 0) is 9.59 Å². The van der Waals surface area contributed by atoms with E-state index in [4.69, 9.17) is 46.4 Å². The first-order valence-electron chi connectivity index (χ1n) is 9.78. The Hall–Kier alpha value is -2.75. The van der Waals surface area contributed by atoms with Crippen LogP contribution in [0.25, 0.3) is 10.9 Å². The van der Waals surface area contributed by atoms with Gasteiger partial charge in [0, 0.05) is 14.9 Å². The third-order valence-electron chi connectivity index (χ3n) is 4.79. The lowest BCUT2D eigenvalue weighted by molar-refractivity contribution is -0.133. The molecule has 4 aromatic rings. The van der Waals surface area contributed by atoms with Gasteiger partial charge >= 0.3 is 11.8 Å². The van der Waals surface area contributed by atoms with E-state index >= 15 is 0 Å². The fraction of sp³-hybridized carbons (Fsp3) is 0. The molecule has 4 rings (SSSR count). The van der Waals surface area contributed by atoms with E-state index < -0.39 is 17.7 Å². The maximum Gasteiger partial charge on any atom is 0.328 e. The number of amides is 3. The van der Waals surface area contributed by atoms with E-state index in [1.165, 1.54) is 16.8 Å². The number of anilines is 2. The highest BCUT2D eigenvalue weighted by Crippen LogP contribution is 2.30. The van der Waals surface area contributed by atoms with Gasteiger partial charge in [-0.25, -0.2) is 4.68 Å². The summed E-state index contributed by atoms with van der Waals surface area (Å²) in [4.78, 5) is 38.4. The van der Waals surface area contributed by atoms with Gasteiger partial charge in [0.05, 0.1) is 32.0 Å². The number of hydrogen-bond donors (Lipinski definition) is 3. The van der Waals surface area contributed by atoms with Gasteiger partial charge in [-0.05, 0) is 54.6 Å². The molecule has 0 saturated heterocycles. The smallest absolute Gasteiger partial charge is 0.319 e. The number of fused-ring (bicyclic) bond motifs is 1. The normalized spacial score (nSPS) is 10.8. The monoisotopic (exact) mass is 612 g/mol. The fourth-order valence-electron chi connectivity index (χ4n) is 3.18. The molecule has 3 aromatic carbocycles. The van der Waals surface area contributed by atoms with Crippen molar-refractivity contribution in [3.63, 3.8) is 0 Å². The zero-order chi connectivity index (χ0) is 25.3. The van der Waals surface area contributed by atoms with Gasteiger partial charge in [-0.1, -0.05) is 68.4 Å². The number of carbonyl (C=O) groups excluding carboxylic acids is 3. The number of benzene rings is 3. The molecule has 1 aromatic heterocycles. The molecule has 1 heterocycles. The van der Waals surface area contributed by atoms with Crippen LogP contribution < -0.4 is 16.1 Å². The number of nitrogens with zero attached hydrogens (tertiary/aromatic N) is 1. The second-order valence-electron chi connectivity index (χ2n) is 7.14. The summed E-state index contributed by atoms with van der Waals surface area (Å²) in [5, 5.41) is 6.66. The lowest BCUT2D eigenvalue weighted by atomic mass is 10.2. The third-order valence-corrected chi connectivity index (χ3v) is 6.65. The summed E-state index contributed by atoms with van der Waals surface area (Å²) in [6.07, 6.45) is 0. The van der Waals surface area contributed by atoms with Crippen molar-refractivity contribution in [3.8, 4) is 0 Å². The number of aromatic nitrogens is 1.